The molecule has 1 aliphatic rings. The van der Waals surface area contributed by atoms with Crippen molar-refractivity contribution in [3.63, 3.8) is 0 Å². The molecule has 2 atom stereocenters. The van der Waals surface area contributed by atoms with Crippen LogP contribution in [-0.4, -0.2) is 42.9 Å². The maximum absolute atomic E-state index is 12.2. The molecule has 0 aliphatic carbocycles. The van der Waals surface area contributed by atoms with Crippen LogP contribution < -0.4 is 0 Å². The van der Waals surface area contributed by atoms with E-state index >= 15 is 0 Å². The zero-order chi connectivity index (χ0) is 20.1. The van der Waals surface area contributed by atoms with Gasteiger partial charge >= 0.3 is 0 Å². The van der Waals surface area contributed by atoms with Crippen LogP contribution in [0.3, 0.4) is 0 Å². The lowest BCUT2D eigenvalue weighted by Gasteiger charge is -2.42. The molecule has 1 saturated heterocycles. The molecule has 2 aromatic carbocycles. The molecule has 3 nitrogen and oxygen atoms in total. The molecule has 0 radical (unpaired) electrons. The molecule has 0 unspecified atom stereocenters. The summed E-state index contributed by atoms with van der Waals surface area (Å²) in [4.78, 5) is 2.40. The lowest BCUT2D eigenvalue weighted by Crippen LogP contribution is -2.45. The molecule has 5 heteroatoms. The molecule has 2 aromatic rings. The van der Waals surface area contributed by atoms with Gasteiger partial charge in [-0.15, -0.1) is 0 Å². The van der Waals surface area contributed by atoms with Gasteiger partial charge in [0.2, 0.25) is 0 Å². The predicted octanol–water partition coefficient (Wildman–Crippen LogP) is 5.45. The number of hydrogen-bond donors (Lipinski definition) is 1. The highest BCUT2D eigenvalue weighted by molar-refractivity contribution is 9.10. The molecule has 28 heavy (non-hydrogen) atoms. The van der Waals surface area contributed by atoms with Crippen molar-refractivity contribution < 1.29 is 9.84 Å². The van der Waals surface area contributed by atoms with Crippen LogP contribution in [0.25, 0.3) is 0 Å². The van der Waals surface area contributed by atoms with Gasteiger partial charge in [-0.25, -0.2) is 0 Å². The van der Waals surface area contributed by atoms with Gasteiger partial charge < -0.3 is 9.84 Å². The Kier molecular flexibility index (Phi) is 7.57. The zero-order valence-electron chi connectivity index (χ0n) is 16.6. The topological polar surface area (TPSA) is 32.7 Å². The van der Waals surface area contributed by atoms with Gasteiger partial charge in [0.25, 0.3) is 0 Å². The standard InChI is InChI=1S/C23H29BrClNO2/c1-17(2)15-23(27,19-5-7-20(24)8-6-19)22(16-26-11-13-28-14-12-26)18-3-9-21(25)10-4-18/h3-10,17,22,27H,11-16H2,1-2H3/t22-,23-/m0/s1. The Hall–Kier alpha value is -0.910. The SMILES string of the molecule is CC(C)C[C@](O)(c1ccc(Br)cc1)[C@@H](CN1CCOCC1)c1ccc(Cl)cc1. The average molecular weight is 467 g/mol. The van der Waals surface area contributed by atoms with Crippen molar-refractivity contribution >= 4 is 27.5 Å². The van der Waals surface area contributed by atoms with Crippen molar-refractivity contribution in [1.82, 2.24) is 4.90 Å². The second-order valence-corrected chi connectivity index (χ2v) is 9.40. The van der Waals surface area contributed by atoms with E-state index in [2.05, 4.69) is 46.8 Å². The summed E-state index contributed by atoms with van der Waals surface area (Å²) in [6.45, 7) is 8.38. The Morgan fingerprint density at radius 2 is 1.68 bits per heavy atom. The number of morpholine rings is 1. The van der Waals surface area contributed by atoms with Gasteiger partial charge in [-0.2, -0.15) is 0 Å². The van der Waals surface area contributed by atoms with Crippen molar-refractivity contribution in [2.24, 2.45) is 5.92 Å². The van der Waals surface area contributed by atoms with Crippen molar-refractivity contribution in [3.8, 4) is 0 Å². The predicted molar refractivity (Wildman–Crippen MR) is 119 cm³/mol. The maximum atomic E-state index is 12.2. The number of hydrogen-bond acceptors (Lipinski definition) is 3. The first-order valence-electron chi connectivity index (χ1n) is 9.92. The monoisotopic (exact) mass is 465 g/mol. The van der Waals surface area contributed by atoms with Crippen molar-refractivity contribution in [2.75, 3.05) is 32.8 Å². The maximum Gasteiger partial charge on any atom is 0.0979 e. The first-order valence-corrected chi connectivity index (χ1v) is 11.1. The molecule has 0 spiro atoms. The number of nitrogens with zero attached hydrogens (tertiary/aromatic N) is 1. The minimum Gasteiger partial charge on any atom is -0.384 e. The molecule has 0 saturated carbocycles. The number of rotatable bonds is 7. The van der Waals surface area contributed by atoms with E-state index in [1.165, 1.54) is 0 Å². The van der Waals surface area contributed by atoms with Gasteiger partial charge in [-0.3, -0.25) is 4.90 Å². The summed E-state index contributed by atoms with van der Waals surface area (Å²) in [7, 11) is 0. The van der Waals surface area contributed by atoms with Crippen molar-refractivity contribution in [3.05, 3.63) is 69.2 Å². The third-order valence-electron chi connectivity index (χ3n) is 5.46. The summed E-state index contributed by atoms with van der Waals surface area (Å²) in [5.74, 6) is 0.291. The zero-order valence-corrected chi connectivity index (χ0v) is 18.9. The average Bonchev–Trinajstić information content (AvgIpc) is 2.67. The van der Waals surface area contributed by atoms with Crippen LogP contribution in [0.5, 0.6) is 0 Å². The fourth-order valence-corrected chi connectivity index (χ4v) is 4.48. The molecule has 0 aromatic heterocycles. The first kappa shape index (κ1) is 21.8. The molecule has 1 N–H and O–H groups in total. The highest BCUT2D eigenvalue weighted by Crippen LogP contribution is 2.43. The molecule has 1 heterocycles. The van der Waals surface area contributed by atoms with Gasteiger partial charge in [-0.1, -0.05) is 65.6 Å². The van der Waals surface area contributed by atoms with Crippen LogP contribution in [0.2, 0.25) is 5.02 Å². The van der Waals surface area contributed by atoms with Crippen molar-refractivity contribution in [1.29, 1.82) is 0 Å². The summed E-state index contributed by atoms with van der Waals surface area (Å²) in [5.41, 5.74) is 1.10. The Balaban J connectivity index is 2.03. The van der Waals surface area contributed by atoms with E-state index < -0.39 is 5.60 Å². The second-order valence-electron chi connectivity index (χ2n) is 8.05. The summed E-state index contributed by atoms with van der Waals surface area (Å²) in [6.07, 6.45) is 0.687. The highest BCUT2D eigenvalue weighted by Gasteiger charge is 2.41. The largest absolute Gasteiger partial charge is 0.384 e. The van der Waals surface area contributed by atoms with E-state index in [-0.39, 0.29) is 5.92 Å². The third-order valence-corrected chi connectivity index (χ3v) is 6.24. The fraction of sp³-hybridized carbons (Fsp3) is 0.478. The van der Waals surface area contributed by atoms with E-state index in [0.29, 0.717) is 17.4 Å². The molecule has 152 valence electrons. The van der Waals surface area contributed by atoms with E-state index in [1.807, 2.05) is 36.4 Å². The number of ether oxygens (including phenoxy) is 1. The smallest absolute Gasteiger partial charge is 0.0979 e. The van der Waals surface area contributed by atoms with Crippen LogP contribution in [0.1, 0.15) is 37.3 Å². The van der Waals surface area contributed by atoms with E-state index in [4.69, 9.17) is 16.3 Å². The summed E-state index contributed by atoms with van der Waals surface area (Å²) >= 11 is 9.66. The molecule has 3 rings (SSSR count). The Morgan fingerprint density at radius 3 is 2.25 bits per heavy atom. The first-order chi connectivity index (χ1) is 13.4. The van der Waals surface area contributed by atoms with Gasteiger partial charge in [0, 0.05) is 35.0 Å². The number of benzene rings is 2. The lowest BCUT2D eigenvalue weighted by atomic mass is 9.72. The molecule has 0 amide bonds. The Labute approximate surface area is 181 Å². The van der Waals surface area contributed by atoms with Gasteiger partial charge in [-0.05, 0) is 47.7 Å². The van der Waals surface area contributed by atoms with E-state index in [0.717, 1.165) is 48.4 Å². The quantitative estimate of drug-likeness (QED) is 0.589. The fourth-order valence-electron chi connectivity index (χ4n) is 4.09. The Morgan fingerprint density at radius 1 is 1.07 bits per heavy atom. The summed E-state index contributed by atoms with van der Waals surface area (Å²) in [5, 5.41) is 12.9. The molecular formula is C23H29BrClNO2. The van der Waals surface area contributed by atoms with Crippen molar-refractivity contribution in [2.45, 2.75) is 31.8 Å². The highest BCUT2D eigenvalue weighted by atomic mass is 79.9. The van der Waals surface area contributed by atoms with Crippen LogP contribution in [-0.2, 0) is 10.3 Å². The normalized spacial score (nSPS) is 18.8. The van der Waals surface area contributed by atoms with Gasteiger partial charge in [0.15, 0.2) is 0 Å². The molecule has 1 aliphatic heterocycles. The summed E-state index contributed by atoms with van der Waals surface area (Å²) in [6, 6.07) is 16.0. The minimum atomic E-state index is -0.971. The van der Waals surface area contributed by atoms with Gasteiger partial charge in [0.05, 0.1) is 18.8 Å². The van der Waals surface area contributed by atoms with Crippen LogP contribution >= 0.6 is 27.5 Å². The van der Waals surface area contributed by atoms with Gasteiger partial charge in [0.1, 0.15) is 0 Å². The number of halogens is 2. The third kappa shape index (κ3) is 5.37. The van der Waals surface area contributed by atoms with Crippen LogP contribution in [0.15, 0.2) is 53.0 Å². The lowest BCUT2D eigenvalue weighted by molar-refractivity contribution is -0.0356. The minimum absolute atomic E-state index is 0.0635. The second kappa shape index (κ2) is 9.73. The summed E-state index contributed by atoms with van der Waals surface area (Å²) < 4.78 is 6.54. The van der Waals surface area contributed by atoms with E-state index in [9.17, 15) is 5.11 Å². The molecule has 0 bridgehead atoms. The molecule has 1 fully saturated rings. The molecular weight excluding hydrogens is 438 g/mol. The van der Waals surface area contributed by atoms with E-state index in [1.54, 1.807) is 0 Å². The van der Waals surface area contributed by atoms with Crippen LogP contribution in [0.4, 0.5) is 0 Å². The van der Waals surface area contributed by atoms with Crippen LogP contribution in [0, 0.1) is 5.92 Å². The Bertz CT molecular complexity index is 744. The number of aliphatic hydroxyl groups is 1.